The van der Waals surface area contributed by atoms with Crippen LogP contribution < -0.4 is 5.32 Å². The van der Waals surface area contributed by atoms with E-state index in [0.29, 0.717) is 16.8 Å². The van der Waals surface area contributed by atoms with Gasteiger partial charge in [0, 0.05) is 18.7 Å². The van der Waals surface area contributed by atoms with Gasteiger partial charge in [-0.15, -0.1) is 0 Å². The number of rotatable bonds is 6. The molecule has 0 unspecified atom stereocenters. The van der Waals surface area contributed by atoms with Crippen molar-refractivity contribution in [1.29, 1.82) is 0 Å². The highest BCUT2D eigenvalue weighted by Gasteiger charge is 2.21. The zero-order valence-corrected chi connectivity index (χ0v) is 16.0. The first-order valence-electron chi connectivity index (χ1n) is 9.97. The summed E-state index contributed by atoms with van der Waals surface area (Å²) in [4.78, 5) is 27.5. The Hall–Kier alpha value is -2.62. The second-order valence-corrected chi connectivity index (χ2v) is 7.16. The van der Waals surface area contributed by atoms with E-state index in [9.17, 15) is 9.59 Å². The number of nitrogens with one attached hydrogen (secondary N) is 1. The number of hydrogen-bond donors (Lipinski definition) is 1. The van der Waals surface area contributed by atoms with E-state index < -0.39 is 0 Å². The topological polar surface area (TPSA) is 49.4 Å². The van der Waals surface area contributed by atoms with Gasteiger partial charge in [-0.1, -0.05) is 37.6 Å². The van der Waals surface area contributed by atoms with Gasteiger partial charge in [-0.2, -0.15) is 0 Å². The molecule has 1 aliphatic rings. The summed E-state index contributed by atoms with van der Waals surface area (Å²) in [5.74, 6) is -0.172. The Bertz CT molecular complexity index is 794. The summed E-state index contributed by atoms with van der Waals surface area (Å²) < 4.78 is 0. The standard InChI is InChI=1S/C23H28N2O2/c1-2-3-10-18-11-9-12-19(17-18)22(26)24-21-14-6-5-13-20(21)23(27)25-15-7-4-8-16-25/h5-6,9,11-14,17H,2-4,7-8,10,15-16H2,1H3,(H,24,26). The molecule has 142 valence electrons. The maximum absolute atomic E-state index is 12.9. The van der Waals surface area contributed by atoms with Crippen LogP contribution >= 0.6 is 0 Å². The average molecular weight is 364 g/mol. The molecule has 27 heavy (non-hydrogen) atoms. The summed E-state index contributed by atoms with van der Waals surface area (Å²) in [6.45, 7) is 3.74. The van der Waals surface area contributed by atoms with E-state index >= 15 is 0 Å². The van der Waals surface area contributed by atoms with Crippen molar-refractivity contribution in [3.63, 3.8) is 0 Å². The second kappa shape index (κ2) is 9.36. The summed E-state index contributed by atoms with van der Waals surface area (Å²) >= 11 is 0. The number of anilines is 1. The van der Waals surface area contributed by atoms with Gasteiger partial charge in [0.1, 0.15) is 0 Å². The third-order valence-corrected chi connectivity index (χ3v) is 5.06. The van der Waals surface area contributed by atoms with Gasteiger partial charge in [0.15, 0.2) is 0 Å². The number of carbonyl (C=O) groups excluding carboxylic acids is 2. The van der Waals surface area contributed by atoms with E-state index in [1.165, 1.54) is 12.0 Å². The molecule has 3 rings (SSSR count). The molecule has 1 aliphatic heterocycles. The van der Waals surface area contributed by atoms with Crippen molar-refractivity contribution in [2.24, 2.45) is 0 Å². The number of piperidine rings is 1. The van der Waals surface area contributed by atoms with Crippen LogP contribution in [0.1, 0.15) is 65.3 Å². The molecule has 2 amide bonds. The number of nitrogens with zero attached hydrogens (tertiary/aromatic N) is 1. The Morgan fingerprint density at radius 3 is 2.56 bits per heavy atom. The summed E-state index contributed by atoms with van der Waals surface area (Å²) in [6.07, 6.45) is 6.48. The van der Waals surface area contributed by atoms with Gasteiger partial charge in [-0.3, -0.25) is 9.59 Å². The fourth-order valence-corrected chi connectivity index (χ4v) is 3.49. The van der Waals surface area contributed by atoms with Crippen LogP contribution in [0.15, 0.2) is 48.5 Å². The molecule has 1 fully saturated rings. The third kappa shape index (κ3) is 4.97. The van der Waals surface area contributed by atoms with Crippen molar-refractivity contribution in [1.82, 2.24) is 4.90 Å². The third-order valence-electron chi connectivity index (χ3n) is 5.06. The lowest BCUT2D eigenvalue weighted by molar-refractivity contribution is 0.0725. The lowest BCUT2D eigenvalue weighted by Gasteiger charge is -2.27. The van der Waals surface area contributed by atoms with E-state index in [2.05, 4.69) is 18.3 Å². The fraction of sp³-hybridized carbons (Fsp3) is 0.391. The monoisotopic (exact) mass is 364 g/mol. The van der Waals surface area contributed by atoms with Gasteiger partial charge in [-0.25, -0.2) is 0 Å². The number of likely N-dealkylation sites (tertiary alicyclic amines) is 1. The molecule has 0 aromatic heterocycles. The Labute approximate surface area is 161 Å². The molecule has 4 nitrogen and oxygen atoms in total. The van der Waals surface area contributed by atoms with Crippen molar-refractivity contribution in [3.05, 3.63) is 65.2 Å². The predicted octanol–water partition coefficient (Wildman–Crippen LogP) is 4.91. The van der Waals surface area contributed by atoms with Crippen LogP contribution in [0.2, 0.25) is 0 Å². The molecule has 0 saturated carbocycles. The summed E-state index contributed by atoms with van der Waals surface area (Å²) in [5, 5.41) is 2.94. The fourth-order valence-electron chi connectivity index (χ4n) is 3.49. The first-order chi connectivity index (χ1) is 13.2. The molecule has 1 heterocycles. The van der Waals surface area contributed by atoms with Crippen molar-refractivity contribution in [3.8, 4) is 0 Å². The van der Waals surface area contributed by atoms with Gasteiger partial charge >= 0.3 is 0 Å². The largest absolute Gasteiger partial charge is 0.339 e. The van der Waals surface area contributed by atoms with Crippen molar-refractivity contribution >= 4 is 17.5 Å². The number of para-hydroxylation sites is 1. The molecule has 0 spiro atoms. The van der Waals surface area contributed by atoms with Gasteiger partial charge in [0.05, 0.1) is 11.3 Å². The molecular weight excluding hydrogens is 336 g/mol. The lowest BCUT2D eigenvalue weighted by Crippen LogP contribution is -2.36. The number of benzene rings is 2. The van der Waals surface area contributed by atoms with Crippen molar-refractivity contribution in [2.75, 3.05) is 18.4 Å². The van der Waals surface area contributed by atoms with Gasteiger partial charge in [-0.05, 0) is 61.9 Å². The Morgan fingerprint density at radius 1 is 1.00 bits per heavy atom. The first-order valence-corrected chi connectivity index (χ1v) is 9.97. The molecule has 0 radical (unpaired) electrons. The van der Waals surface area contributed by atoms with Crippen LogP contribution in [0.4, 0.5) is 5.69 Å². The van der Waals surface area contributed by atoms with Crippen molar-refractivity contribution in [2.45, 2.75) is 45.4 Å². The number of carbonyl (C=O) groups is 2. The highest BCUT2D eigenvalue weighted by atomic mass is 16.2. The summed E-state index contributed by atoms with van der Waals surface area (Å²) in [5.41, 5.74) is 2.94. The normalized spacial score (nSPS) is 14.0. The zero-order chi connectivity index (χ0) is 19.1. The predicted molar refractivity (Wildman–Crippen MR) is 109 cm³/mol. The maximum Gasteiger partial charge on any atom is 0.255 e. The number of hydrogen-bond acceptors (Lipinski definition) is 2. The number of amides is 2. The van der Waals surface area contributed by atoms with E-state index in [0.717, 1.165) is 45.2 Å². The van der Waals surface area contributed by atoms with Gasteiger partial charge < -0.3 is 10.2 Å². The van der Waals surface area contributed by atoms with Crippen molar-refractivity contribution < 1.29 is 9.59 Å². The average Bonchev–Trinajstić information content (AvgIpc) is 2.73. The van der Waals surface area contributed by atoms with Crippen LogP contribution in [-0.2, 0) is 6.42 Å². The maximum atomic E-state index is 12.9. The van der Waals surface area contributed by atoms with E-state index in [4.69, 9.17) is 0 Å². The summed E-state index contributed by atoms with van der Waals surface area (Å²) in [7, 11) is 0. The Balaban J connectivity index is 1.75. The van der Waals surface area contributed by atoms with Crippen LogP contribution in [0.3, 0.4) is 0 Å². The molecule has 0 aliphatic carbocycles. The van der Waals surface area contributed by atoms with Crippen LogP contribution in [0, 0.1) is 0 Å². The number of unbranched alkanes of at least 4 members (excludes halogenated alkanes) is 1. The minimum absolute atomic E-state index is 0.00213. The highest BCUT2D eigenvalue weighted by Crippen LogP contribution is 2.21. The lowest BCUT2D eigenvalue weighted by atomic mass is 10.0. The quantitative estimate of drug-likeness (QED) is 0.792. The summed E-state index contributed by atoms with van der Waals surface area (Å²) in [6, 6.07) is 15.0. The second-order valence-electron chi connectivity index (χ2n) is 7.16. The molecule has 1 N–H and O–H groups in total. The molecule has 2 aromatic rings. The Kier molecular flexibility index (Phi) is 6.64. The van der Waals surface area contributed by atoms with E-state index in [1.807, 2.05) is 35.2 Å². The van der Waals surface area contributed by atoms with Crippen LogP contribution in [-0.4, -0.2) is 29.8 Å². The molecule has 0 atom stereocenters. The van der Waals surface area contributed by atoms with Gasteiger partial charge in [0.2, 0.25) is 0 Å². The van der Waals surface area contributed by atoms with Gasteiger partial charge in [0.25, 0.3) is 11.8 Å². The molecule has 1 saturated heterocycles. The molecule has 0 bridgehead atoms. The van der Waals surface area contributed by atoms with E-state index in [-0.39, 0.29) is 11.8 Å². The highest BCUT2D eigenvalue weighted by molar-refractivity contribution is 6.09. The number of aryl methyl sites for hydroxylation is 1. The van der Waals surface area contributed by atoms with Crippen LogP contribution in [0.25, 0.3) is 0 Å². The SMILES string of the molecule is CCCCc1cccc(C(=O)Nc2ccccc2C(=O)N2CCCCC2)c1. The van der Waals surface area contributed by atoms with E-state index in [1.54, 1.807) is 12.1 Å². The molecule has 2 aromatic carbocycles. The van der Waals surface area contributed by atoms with Crippen LogP contribution in [0.5, 0.6) is 0 Å². The zero-order valence-electron chi connectivity index (χ0n) is 16.0. The molecule has 4 heteroatoms. The minimum Gasteiger partial charge on any atom is -0.339 e. The smallest absolute Gasteiger partial charge is 0.255 e. The first kappa shape index (κ1) is 19.2. The Morgan fingerprint density at radius 2 is 1.78 bits per heavy atom. The minimum atomic E-state index is -0.174. The molecular formula is C23H28N2O2.